The van der Waals surface area contributed by atoms with E-state index in [1.54, 1.807) is 6.07 Å². The molecule has 2 unspecified atom stereocenters. The van der Waals surface area contributed by atoms with Gasteiger partial charge in [0.25, 0.3) is 0 Å². The molecule has 2 fully saturated rings. The Morgan fingerprint density at radius 3 is 2.50 bits per heavy atom. The summed E-state index contributed by atoms with van der Waals surface area (Å²) in [4.78, 5) is 35.6. The lowest BCUT2D eigenvalue weighted by molar-refractivity contribution is -0.138. The number of rotatable bonds is 1. The molecule has 0 bridgehead atoms. The van der Waals surface area contributed by atoms with E-state index >= 15 is 0 Å². The number of likely N-dealkylation sites (tertiary alicyclic amines) is 1. The van der Waals surface area contributed by atoms with Crippen LogP contribution in [0.1, 0.15) is 0 Å². The van der Waals surface area contributed by atoms with E-state index in [0.717, 1.165) is 5.39 Å². The van der Waals surface area contributed by atoms with Gasteiger partial charge >= 0.3 is 0 Å². The Morgan fingerprint density at radius 2 is 1.82 bits per heavy atom. The van der Waals surface area contributed by atoms with Gasteiger partial charge in [-0.25, -0.2) is 14.4 Å². The van der Waals surface area contributed by atoms with Gasteiger partial charge in [0.2, 0.25) is 11.8 Å². The van der Waals surface area contributed by atoms with Crippen molar-refractivity contribution >= 4 is 28.5 Å². The first-order chi connectivity index (χ1) is 10.6. The average Bonchev–Trinajstić information content (AvgIpc) is 3.03. The zero-order chi connectivity index (χ0) is 15.4. The van der Waals surface area contributed by atoms with Crippen LogP contribution in [0.15, 0.2) is 24.5 Å². The van der Waals surface area contributed by atoms with Crippen molar-refractivity contribution in [3.05, 3.63) is 30.3 Å². The highest BCUT2D eigenvalue weighted by atomic mass is 19.1. The van der Waals surface area contributed by atoms with Gasteiger partial charge in [0.05, 0.1) is 17.4 Å². The van der Waals surface area contributed by atoms with Crippen LogP contribution in [0.25, 0.3) is 10.9 Å². The van der Waals surface area contributed by atoms with E-state index in [4.69, 9.17) is 0 Å². The largest absolute Gasteiger partial charge is 0.354 e. The number of imide groups is 1. The standard InChI is InChI=1S/C15H13FN4O2/c1-19-14(21)10-5-20(6-11(10)15(19)22)13-9-3-2-8(16)4-12(9)17-7-18-13/h2-4,7,10-11H,5-6H2,1H3. The quantitative estimate of drug-likeness (QED) is 0.730. The summed E-state index contributed by atoms with van der Waals surface area (Å²) in [5.41, 5.74) is 0.511. The minimum Gasteiger partial charge on any atom is -0.354 e. The summed E-state index contributed by atoms with van der Waals surface area (Å²) in [6, 6.07) is 4.33. The van der Waals surface area contributed by atoms with Crippen LogP contribution < -0.4 is 4.90 Å². The second-order valence-corrected chi connectivity index (χ2v) is 5.71. The highest BCUT2D eigenvalue weighted by Crippen LogP contribution is 2.36. The highest BCUT2D eigenvalue weighted by molar-refractivity contribution is 6.06. The molecule has 1 aromatic carbocycles. The SMILES string of the molecule is CN1C(=O)C2CN(c3ncnc4cc(F)ccc34)CC2C1=O. The second kappa shape index (κ2) is 4.46. The van der Waals surface area contributed by atoms with E-state index in [0.29, 0.717) is 24.4 Å². The van der Waals surface area contributed by atoms with Crippen LogP contribution in [0.2, 0.25) is 0 Å². The molecule has 2 aliphatic heterocycles. The van der Waals surface area contributed by atoms with Gasteiger partial charge in [0, 0.05) is 31.6 Å². The Hall–Kier alpha value is -2.57. The van der Waals surface area contributed by atoms with Crippen LogP contribution >= 0.6 is 0 Å². The summed E-state index contributed by atoms with van der Waals surface area (Å²) in [5, 5.41) is 0.720. The normalized spacial score (nSPS) is 24.5. The Labute approximate surface area is 125 Å². The van der Waals surface area contributed by atoms with Crippen LogP contribution in [-0.4, -0.2) is 46.8 Å². The lowest BCUT2D eigenvalue weighted by atomic mass is 10.00. The van der Waals surface area contributed by atoms with Gasteiger partial charge in [-0.3, -0.25) is 14.5 Å². The van der Waals surface area contributed by atoms with Crippen molar-refractivity contribution in [3.8, 4) is 0 Å². The number of hydrogen-bond donors (Lipinski definition) is 0. The first kappa shape index (κ1) is 13.1. The molecule has 1 aromatic heterocycles. The molecule has 2 atom stereocenters. The zero-order valence-corrected chi connectivity index (χ0v) is 11.9. The Morgan fingerprint density at radius 1 is 1.14 bits per heavy atom. The third-order valence-electron chi connectivity index (χ3n) is 4.49. The molecule has 2 amide bonds. The van der Waals surface area contributed by atoms with E-state index in [1.165, 1.54) is 30.4 Å². The van der Waals surface area contributed by atoms with Crippen LogP contribution in [0.3, 0.4) is 0 Å². The molecule has 3 heterocycles. The summed E-state index contributed by atoms with van der Waals surface area (Å²) >= 11 is 0. The molecule has 2 aromatic rings. The molecular formula is C15H13FN4O2. The zero-order valence-electron chi connectivity index (χ0n) is 11.9. The predicted molar refractivity (Wildman–Crippen MR) is 76.5 cm³/mol. The van der Waals surface area contributed by atoms with E-state index in [2.05, 4.69) is 9.97 Å². The minimum absolute atomic E-state index is 0.137. The van der Waals surface area contributed by atoms with Crippen molar-refractivity contribution in [2.75, 3.05) is 25.0 Å². The molecule has 0 N–H and O–H groups in total. The molecular weight excluding hydrogens is 287 g/mol. The average molecular weight is 300 g/mol. The van der Waals surface area contributed by atoms with Gasteiger partial charge in [0.1, 0.15) is 18.0 Å². The third-order valence-corrected chi connectivity index (χ3v) is 4.49. The molecule has 112 valence electrons. The van der Waals surface area contributed by atoms with Crippen molar-refractivity contribution in [3.63, 3.8) is 0 Å². The van der Waals surface area contributed by atoms with E-state index in [9.17, 15) is 14.0 Å². The molecule has 22 heavy (non-hydrogen) atoms. The molecule has 2 saturated heterocycles. The van der Waals surface area contributed by atoms with Crippen LogP contribution in [0.4, 0.5) is 10.2 Å². The fourth-order valence-electron chi connectivity index (χ4n) is 3.35. The molecule has 4 rings (SSSR count). The number of anilines is 1. The molecule has 0 aliphatic carbocycles. The lowest BCUT2D eigenvalue weighted by Crippen LogP contribution is -2.33. The van der Waals surface area contributed by atoms with Crippen molar-refractivity contribution in [2.45, 2.75) is 0 Å². The third kappa shape index (κ3) is 1.71. The van der Waals surface area contributed by atoms with Crippen molar-refractivity contribution < 1.29 is 14.0 Å². The number of carbonyl (C=O) groups excluding carboxylic acids is 2. The number of nitrogens with zero attached hydrogens (tertiary/aromatic N) is 4. The molecule has 0 spiro atoms. The first-order valence-corrected chi connectivity index (χ1v) is 7.03. The van der Waals surface area contributed by atoms with E-state index in [-0.39, 0.29) is 29.5 Å². The Balaban J connectivity index is 1.73. The fraction of sp³-hybridized carbons (Fsp3) is 0.333. The van der Waals surface area contributed by atoms with Crippen molar-refractivity contribution in [1.82, 2.24) is 14.9 Å². The minimum atomic E-state index is -0.359. The summed E-state index contributed by atoms with van der Waals surface area (Å²) in [7, 11) is 1.52. The monoisotopic (exact) mass is 300 g/mol. The second-order valence-electron chi connectivity index (χ2n) is 5.71. The van der Waals surface area contributed by atoms with Crippen LogP contribution in [0.5, 0.6) is 0 Å². The van der Waals surface area contributed by atoms with Gasteiger partial charge in [0.15, 0.2) is 0 Å². The number of fused-ring (bicyclic) bond motifs is 2. The number of benzene rings is 1. The number of aromatic nitrogens is 2. The number of halogens is 1. The topological polar surface area (TPSA) is 66.4 Å². The van der Waals surface area contributed by atoms with Crippen molar-refractivity contribution in [1.29, 1.82) is 0 Å². The van der Waals surface area contributed by atoms with Crippen LogP contribution in [-0.2, 0) is 9.59 Å². The summed E-state index contributed by atoms with van der Waals surface area (Å²) < 4.78 is 13.3. The number of amides is 2. The molecule has 2 aliphatic rings. The van der Waals surface area contributed by atoms with Gasteiger partial charge in [-0.1, -0.05) is 0 Å². The maximum Gasteiger partial charge on any atom is 0.234 e. The summed E-state index contributed by atoms with van der Waals surface area (Å²) in [6.45, 7) is 0.895. The number of hydrogen-bond acceptors (Lipinski definition) is 5. The lowest BCUT2D eigenvalue weighted by Gasteiger charge is -2.20. The maximum atomic E-state index is 13.3. The van der Waals surface area contributed by atoms with Gasteiger partial charge < -0.3 is 4.90 Å². The van der Waals surface area contributed by atoms with Crippen molar-refractivity contribution in [2.24, 2.45) is 11.8 Å². The fourth-order valence-corrected chi connectivity index (χ4v) is 3.35. The molecule has 0 radical (unpaired) electrons. The van der Waals surface area contributed by atoms with E-state index < -0.39 is 0 Å². The molecule has 6 nitrogen and oxygen atoms in total. The van der Waals surface area contributed by atoms with Gasteiger partial charge in [-0.05, 0) is 12.1 Å². The van der Waals surface area contributed by atoms with Crippen LogP contribution in [0, 0.1) is 17.7 Å². The molecule has 7 heteroatoms. The van der Waals surface area contributed by atoms with E-state index in [1.807, 2.05) is 4.90 Å². The highest BCUT2D eigenvalue weighted by Gasteiger charge is 2.51. The summed E-state index contributed by atoms with van der Waals surface area (Å²) in [5.74, 6) is -0.625. The predicted octanol–water partition coefficient (Wildman–Crippen LogP) is 0.820. The van der Waals surface area contributed by atoms with Gasteiger partial charge in [-0.15, -0.1) is 0 Å². The molecule has 0 saturated carbocycles. The Kier molecular flexibility index (Phi) is 2.66. The van der Waals surface area contributed by atoms with Gasteiger partial charge in [-0.2, -0.15) is 0 Å². The Bertz CT molecular complexity index is 785. The summed E-state index contributed by atoms with van der Waals surface area (Å²) in [6.07, 6.45) is 1.38. The number of carbonyl (C=O) groups is 2. The smallest absolute Gasteiger partial charge is 0.234 e. The maximum absolute atomic E-state index is 13.3. The first-order valence-electron chi connectivity index (χ1n) is 7.03.